The van der Waals surface area contributed by atoms with E-state index in [0.29, 0.717) is 30.3 Å². The molecule has 0 saturated heterocycles. The molecule has 0 aliphatic rings. The van der Waals surface area contributed by atoms with Crippen LogP contribution in [0.1, 0.15) is 5.56 Å². The average molecular weight is 340 g/mol. The lowest BCUT2D eigenvalue weighted by Crippen LogP contribution is -2.17. The molecule has 2 aromatic rings. The molecule has 2 rings (SSSR count). The fourth-order valence-corrected chi connectivity index (χ4v) is 1.82. The van der Waals surface area contributed by atoms with Gasteiger partial charge in [-0.3, -0.25) is 0 Å². The van der Waals surface area contributed by atoms with Crippen molar-refractivity contribution in [2.75, 3.05) is 0 Å². The Labute approximate surface area is 124 Å². The molecule has 0 saturated carbocycles. The third kappa shape index (κ3) is 4.05. The third-order valence-electron chi connectivity index (χ3n) is 2.79. The van der Waals surface area contributed by atoms with Crippen molar-refractivity contribution in [3.63, 3.8) is 0 Å². The van der Waals surface area contributed by atoms with Crippen molar-refractivity contribution in [1.82, 2.24) is 0 Å². The normalized spacial score (nSPS) is 12.3. The Balaban J connectivity index is 2.45. The molecule has 124 valence electrons. The lowest BCUT2D eigenvalue weighted by molar-refractivity contribution is -0.275. The summed E-state index contributed by atoms with van der Waals surface area (Å²) in [5, 5.41) is 9.47. The maximum absolute atomic E-state index is 13.7. The van der Waals surface area contributed by atoms with E-state index < -0.39 is 41.0 Å². The van der Waals surface area contributed by atoms with E-state index in [4.69, 9.17) is 0 Å². The molecule has 0 heterocycles. The predicted molar refractivity (Wildman–Crippen MR) is 65.2 cm³/mol. The van der Waals surface area contributed by atoms with E-state index in [-0.39, 0.29) is 5.56 Å². The zero-order valence-electron chi connectivity index (χ0n) is 11.0. The van der Waals surface area contributed by atoms with Gasteiger partial charge in [0.25, 0.3) is 0 Å². The minimum Gasteiger partial charge on any atom is -0.504 e. The lowest BCUT2D eigenvalue weighted by Gasteiger charge is -2.13. The summed E-state index contributed by atoms with van der Waals surface area (Å²) in [5.74, 6) is -2.97. The minimum absolute atomic E-state index is 0.236. The molecule has 9 heteroatoms. The lowest BCUT2D eigenvalue weighted by atomic mass is 10.0. The summed E-state index contributed by atoms with van der Waals surface area (Å²) in [4.78, 5) is 0. The second kappa shape index (κ2) is 5.64. The SMILES string of the molecule is Oc1cc(-c2cc(C(F)(F)F)ccc2F)ccc1OC(F)(F)F. The molecule has 0 amide bonds. The van der Waals surface area contributed by atoms with Crippen molar-refractivity contribution in [3.8, 4) is 22.6 Å². The summed E-state index contributed by atoms with van der Waals surface area (Å²) in [6.07, 6.45) is -9.77. The maximum Gasteiger partial charge on any atom is 0.573 e. The Morgan fingerprint density at radius 1 is 0.870 bits per heavy atom. The number of phenolic OH excluding ortho intramolecular Hbond substituents is 1. The van der Waals surface area contributed by atoms with Crippen LogP contribution in [0, 0.1) is 5.82 Å². The van der Waals surface area contributed by atoms with Crippen molar-refractivity contribution >= 4 is 0 Å². The highest BCUT2D eigenvalue weighted by Crippen LogP contribution is 2.38. The van der Waals surface area contributed by atoms with Gasteiger partial charge in [0, 0.05) is 5.56 Å². The van der Waals surface area contributed by atoms with Gasteiger partial charge in [-0.25, -0.2) is 4.39 Å². The highest BCUT2D eigenvalue weighted by Gasteiger charge is 2.33. The summed E-state index contributed by atoms with van der Waals surface area (Å²) >= 11 is 0. The van der Waals surface area contributed by atoms with Crippen molar-refractivity contribution in [2.45, 2.75) is 12.5 Å². The number of rotatable bonds is 2. The van der Waals surface area contributed by atoms with E-state index in [1.165, 1.54) is 0 Å². The first-order valence-corrected chi connectivity index (χ1v) is 5.93. The van der Waals surface area contributed by atoms with Crippen LogP contribution in [0.2, 0.25) is 0 Å². The van der Waals surface area contributed by atoms with Gasteiger partial charge in [-0.15, -0.1) is 13.2 Å². The molecule has 1 N–H and O–H groups in total. The quantitative estimate of drug-likeness (QED) is 0.770. The standard InChI is InChI=1S/C14H7F7O2/c15-10-3-2-8(13(16,17)18)6-9(10)7-1-4-12(11(22)5-7)23-14(19,20)21/h1-6,22H. The molecule has 0 spiro atoms. The molecule has 0 unspecified atom stereocenters. The maximum atomic E-state index is 13.7. The number of hydrogen-bond donors (Lipinski definition) is 1. The van der Waals surface area contributed by atoms with E-state index in [1.807, 2.05) is 0 Å². The topological polar surface area (TPSA) is 29.5 Å². The third-order valence-corrected chi connectivity index (χ3v) is 2.79. The number of halogens is 7. The fraction of sp³-hybridized carbons (Fsp3) is 0.143. The molecule has 2 aromatic carbocycles. The smallest absolute Gasteiger partial charge is 0.504 e. The van der Waals surface area contributed by atoms with Gasteiger partial charge >= 0.3 is 12.5 Å². The summed E-state index contributed by atoms with van der Waals surface area (Å²) in [7, 11) is 0. The molecule has 0 aliphatic carbocycles. The van der Waals surface area contributed by atoms with Crippen LogP contribution in [0.5, 0.6) is 11.5 Å². The monoisotopic (exact) mass is 340 g/mol. The Morgan fingerprint density at radius 2 is 1.52 bits per heavy atom. The molecule has 0 aromatic heterocycles. The van der Waals surface area contributed by atoms with Crippen molar-refractivity contribution < 1.29 is 40.6 Å². The number of ether oxygens (including phenoxy) is 1. The van der Waals surface area contributed by atoms with Crippen molar-refractivity contribution in [2.24, 2.45) is 0 Å². The van der Waals surface area contributed by atoms with E-state index in [0.717, 1.165) is 6.07 Å². The summed E-state index contributed by atoms with van der Waals surface area (Å²) in [6, 6.07) is 3.86. The van der Waals surface area contributed by atoms with Crippen LogP contribution in [0.3, 0.4) is 0 Å². The molecule has 0 aliphatic heterocycles. The van der Waals surface area contributed by atoms with Crippen molar-refractivity contribution in [3.05, 3.63) is 47.8 Å². The van der Waals surface area contributed by atoms with Gasteiger partial charge in [0.05, 0.1) is 5.56 Å². The summed E-state index contributed by atoms with van der Waals surface area (Å²) < 4.78 is 91.3. The highest BCUT2D eigenvalue weighted by molar-refractivity contribution is 5.68. The molecule has 0 radical (unpaired) electrons. The van der Waals surface area contributed by atoms with Crippen LogP contribution in [0.25, 0.3) is 11.1 Å². The Bertz CT molecular complexity index is 720. The molecule has 23 heavy (non-hydrogen) atoms. The summed E-state index contributed by atoms with van der Waals surface area (Å²) in [5.41, 5.74) is -1.89. The van der Waals surface area contributed by atoms with Gasteiger partial charge in [0.2, 0.25) is 0 Å². The number of alkyl halides is 6. The van der Waals surface area contributed by atoms with Gasteiger partial charge in [-0.1, -0.05) is 6.07 Å². The first-order chi connectivity index (χ1) is 10.5. The molecule has 0 fully saturated rings. The van der Waals surface area contributed by atoms with Crippen LogP contribution in [-0.2, 0) is 6.18 Å². The van der Waals surface area contributed by atoms with Crippen LogP contribution in [0.4, 0.5) is 30.7 Å². The average Bonchev–Trinajstić information content (AvgIpc) is 2.39. The molecular weight excluding hydrogens is 333 g/mol. The van der Waals surface area contributed by atoms with E-state index in [2.05, 4.69) is 4.74 Å². The number of benzene rings is 2. The minimum atomic E-state index is -5.06. The number of aromatic hydroxyl groups is 1. The molecule has 0 atom stereocenters. The summed E-state index contributed by atoms with van der Waals surface area (Å²) in [6.45, 7) is 0. The number of hydrogen-bond acceptors (Lipinski definition) is 2. The largest absolute Gasteiger partial charge is 0.573 e. The van der Waals surface area contributed by atoms with Gasteiger partial charge in [0.15, 0.2) is 11.5 Å². The van der Waals surface area contributed by atoms with Gasteiger partial charge < -0.3 is 9.84 Å². The molecule has 2 nitrogen and oxygen atoms in total. The van der Waals surface area contributed by atoms with Crippen LogP contribution in [-0.4, -0.2) is 11.5 Å². The Kier molecular flexibility index (Phi) is 4.14. The van der Waals surface area contributed by atoms with E-state index >= 15 is 0 Å². The first kappa shape index (κ1) is 16.9. The number of phenols is 1. The van der Waals surface area contributed by atoms with Crippen molar-refractivity contribution in [1.29, 1.82) is 0 Å². The second-order valence-electron chi connectivity index (χ2n) is 4.42. The van der Waals surface area contributed by atoms with Crippen LogP contribution < -0.4 is 4.74 Å². The second-order valence-corrected chi connectivity index (χ2v) is 4.42. The van der Waals surface area contributed by atoms with Gasteiger partial charge in [0.1, 0.15) is 5.82 Å². The molecule has 0 bridgehead atoms. The van der Waals surface area contributed by atoms with E-state index in [9.17, 15) is 35.8 Å². The predicted octanol–water partition coefficient (Wildman–Crippen LogP) is 5.12. The highest BCUT2D eigenvalue weighted by atomic mass is 19.4. The van der Waals surface area contributed by atoms with Gasteiger partial charge in [-0.05, 0) is 35.9 Å². The zero-order valence-corrected chi connectivity index (χ0v) is 11.0. The Morgan fingerprint density at radius 3 is 2.04 bits per heavy atom. The van der Waals surface area contributed by atoms with Crippen LogP contribution in [0.15, 0.2) is 36.4 Å². The van der Waals surface area contributed by atoms with E-state index in [1.54, 1.807) is 0 Å². The zero-order chi connectivity index (χ0) is 17.4. The van der Waals surface area contributed by atoms with Crippen LogP contribution >= 0.6 is 0 Å². The Hall–Kier alpha value is -2.45. The molecular formula is C14H7F7O2. The fourth-order valence-electron chi connectivity index (χ4n) is 1.82. The first-order valence-electron chi connectivity index (χ1n) is 5.93. The van der Waals surface area contributed by atoms with Gasteiger partial charge in [-0.2, -0.15) is 13.2 Å².